The van der Waals surface area contributed by atoms with Gasteiger partial charge in [-0.15, -0.1) is 0 Å². The number of aliphatic hydroxyl groups is 1. The van der Waals surface area contributed by atoms with Crippen molar-refractivity contribution < 1.29 is 19.1 Å². The second-order valence-corrected chi connectivity index (χ2v) is 8.80. The lowest BCUT2D eigenvalue weighted by molar-refractivity contribution is -0.00266. The summed E-state index contributed by atoms with van der Waals surface area (Å²) in [5, 5.41) is 15.7. The molecule has 1 saturated heterocycles. The zero-order valence-electron chi connectivity index (χ0n) is 18.0. The molecule has 0 aromatic heterocycles. The summed E-state index contributed by atoms with van der Waals surface area (Å²) in [4.78, 5) is 10.1. The summed E-state index contributed by atoms with van der Waals surface area (Å²) >= 11 is 5.99. The molecule has 8 heteroatoms. The van der Waals surface area contributed by atoms with Crippen molar-refractivity contribution in [3.05, 3.63) is 70.5 Å². The largest absolute Gasteiger partial charge is 0.390 e. The first-order chi connectivity index (χ1) is 15.5. The Hall–Kier alpha value is -2.03. The van der Waals surface area contributed by atoms with Crippen molar-refractivity contribution in [1.29, 1.82) is 0 Å². The van der Waals surface area contributed by atoms with Gasteiger partial charge in [0.1, 0.15) is 11.9 Å². The van der Waals surface area contributed by atoms with E-state index in [2.05, 4.69) is 15.0 Å². The Bertz CT molecular complexity index is 888. The fourth-order valence-electron chi connectivity index (χ4n) is 4.12. The second kappa shape index (κ2) is 11.2. The van der Waals surface area contributed by atoms with E-state index >= 15 is 0 Å². The van der Waals surface area contributed by atoms with E-state index in [9.17, 15) is 9.50 Å². The van der Waals surface area contributed by atoms with Crippen LogP contribution in [0.15, 0.2) is 53.7 Å². The van der Waals surface area contributed by atoms with E-state index in [1.54, 1.807) is 12.1 Å². The van der Waals surface area contributed by atoms with Crippen LogP contribution in [0.25, 0.3) is 0 Å². The second-order valence-electron chi connectivity index (χ2n) is 8.36. The maximum atomic E-state index is 13.3. The van der Waals surface area contributed by atoms with Gasteiger partial charge in [-0.2, -0.15) is 0 Å². The molecule has 6 nitrogen and oxygen atoms in total. The highest BCUT2D eigenvalue weighted by Crippen LogP contribution is 2.20. The lowest BCUT2D eigenvalue weighted by atomic mass is 10.0. The maximum absolute atomic E-state index is 13.3. The fraction of sp³-hybridized carbons (Fsp3) is 0.458. The van der Waals surface area contributed by atoms with Crippen LogP contribution >= 0.6 is 11.6 Å². The Morgan fingerprint density at radius 2 is 1.84 bits per heavy atom. The number of morpholine rings is 1. The van der Waals surface area contributed by atoms with Crippen molar-refractivity contribution in [2.24, 2.45) is 5.16 Å². The van der Waals surface area contributed by atoms with Crippen LogP contribution in [0.5, 0.6) is 0 Å². The summed E-state index contributed by atoms with van der Waals surface area (Å²) < 4.78 is 18.7. The minimum atomic E-state index is -0.508. The van der Waals surface area contributed by atoms with Crippen molar-refractivity contribution in [3.8, 4) is 0 Å². The molecule has 2 unspecified atom stereocenters. The number of hydrogen-bond acceptors (Lipinski definition) is 6. The van der Waals surface area contributed by atoms with Crippen molar-refractivity contribution in [3.63, 3.8) is 0 Å². The van der Waals surface area contributed by atoms with Gasteiger partial charge < -0.3 is 14.7 Å². The summed E-state index contributed by atoms with van der Waals surface area (Å²) in [6.45, 7) is 5.36. The SMILES string of the molecule is OC(CN1CCOCC1)CN(Cc1ccc(F)cc1)CC1CC(c2ccc(Cl)cc2)=NO1. The molecule has 2 aromatic carbocycles. The molecular formula is C24H29ClFN3O3. The maximum Gasteiger partial charge on any atom is 0.145 e. The normalized spacial score (nSPS) is 20.2. The number of oxime groups is 1. The van der Waals surface area contributed by atoms with Crippen LogP contribution in [0, 0.1) is 5.82 Å². The molecule has 0 amide bonds. The first-order valence-electron chi connectivity index (χ1n) is 11.0. The van der Waals surface area contributed by atoms with Gasteiger partial charge in [0.15, 0.2) is 0 Å². The zero-order valence-corrected chi connectivity index (χ0v) is 18.8. The molecule has 4 rings (SSSR count). The Balaban J connectivity index is 1.37. The van der Waals surface area contributed by atoms with E-state index in [0.717, 1.165) is 29.9 Å². The van der Waals surface area contributed by atoms with E-state index in [1.165, 1.54) is 12.1 Å². The Labute approximate surface area is 193 Å². The standard InChI is InChI=1S/C24H29ClFN3O3/c25-20-5-3-19(4-6-20)24-13-23(32-27-24)17-29(14-18-1-7-21(26)8-2-18)16-22(30)15-28-9-11-31-12-10-28/h1-8,22-23,30H,9-17H2. The molecule has 1 fully saturated rings. The third kappa shape index (κ3) is 6.73. The van der Waals surface area contributed by atoms with Crippen LogP contribution in [0.3, 0.4) is 0 Å². The molecule has 172 valence electrons. The number of hydrogen-bond donors (Lipinski definition) is 1. The molecule has 32 heavy (non-hydrogen) atoms. The molecule has 0 radical (unpaired) electrons. The summed E-state index contributed by atoms with van der Waals surface area (Å²) in [5.41, 5.74) is 2.87. The Morgan fingerprint density at radius 1 is 1.12 bits per heavy atom. The third-order valence-electron chi connectivity index (χ3n) is 5.73. The highest BCUT2D eigenvalue weighted by molar-refractivity contribution is 6.30. The summed E-state index contributed by atoms with van der Waals surface area (Å²) in [7, 11) is 0. The van der Waals surface area contributed by atoms with Crippen LogP contribution in [-0.2, 0) is 16.1 Å². The Kier molecular flexibility index (Phi) is 8.10. The minimum Gasteiger partial charge on any atom is -0.390 e. The number of nitrogens with zero attached hydrogens (tertiary/aromatic N) is 3. The first kappa shape index (κ1) is 23.1. The molecule has 0 bridgehead atoms. The van der Waals surface area contributed by atoms with Crippen molar-refractivity contribution >= 4 is 17.3 Å². The van der Waals surface area contributed by atoms with Gasteiger partial charge in [-0.05, 0) is 35.4 Å². The average Bonchev–Trinajstić information content (AvgIpc) is 3.25. The van der Waals surface area contributed by atoms with E-state index < -0.39 is 6.10 Å². The third-order valence-corrected chi connectivity index (χ3v) is 5.99. The van der Waals surface area contributed by atoms with Gasteiger partial charge in [-0.25, -0.2) is 4.39 Å². The summed E-state index contributed by atoms with van der Waals surface area (Å²) in [5.74, 6) is -0.257. The molecular weight excluding hydrogens is 433 g/mol. The lowest BCUT2D eigenvalue weighted by Crippen LogP contribution is -2.45. The van der Waals surface area contributed by atoms with Gasteiger partial charge in [-0.1, -0.05) is 41.0 Å². The van der Waals surface area contributed by atoms with Gasteiger partial charge in [0, 0.05) is 50.7 Å². The van der Waals surface area contributed by atoms with E-state index in [0.29, 0.717) is 50.8 Å². The molecule has 2 heterocycles. The molecule has 2 atom stereocenters. The number of ether oxygens (including phenoxy) is 1. The minimum absolute atomic E-state index is 0.114. The van der Waals surface area contributed by atoms with Crippen LogP contribution in [0.4, 0.5) is 4.39 Å². The quantitative estimate of drug-likeness (QED) is 0.621. The predicted octanol–water partition coefficient (Wildman–Crippen LogP) is 3.17. The number of halogens is 2. The van der Waals surface area contributed by atoms with Crippen LogP contribution in [-0.4, -0.2) is 78.8 Å². The van der Waals surface area contributed by atoms with Crippen LogP contribution < -0.4 is 0 Å². The van der Waals surface area contributed by atoms with Crippen molar-refractivity contribution in [1.82, 2.24) is 9.80 Å². The molecule has 0 aliphatic carbocycles. The first-order valence-corrected chi connectivity index (χ1v) is 11.4. The van der Waals surface area contributed by atoms with Crippen LogP contribution in [0.1, 0.15) is 17.5 Å². The number of benzene rings is 2. The van der Waals surface area contributed by atoms with Gasteiger partial charge in [0.2, 0.25) is 0 Å². The van der Waals surface area contributed by atoms with E-state index in [4.69, 9.17) is 21.2 Å². The summed E-state index contributed by atoms with van der Waals surface area (Å²) in [6, 6.07) is 14.1. The van der Waals surface area contributed by atoms with E-state index in [-0.39, 0.29) is 11.9 Å². The van der Waals surface area contributed by atoms with Gasteiger partial charge in [0.05, 0.1) is 25.0 Å². The fourth-order valence-corrected chi connectivity index (χ4v) is 4.24. The molecule has 2 aliphatic heterocycles. The Morgan fingerprint density at radius 3 is 2.56 bits per heavy atom. The smallest absolute Gasteiger partial charge is 0.145 e. The van der Waals surface area contributed by atoms with Gasteiger partial charge >= 0.3 is 0 Å². The summed E-state index contributed by atoms with van der Waals surface area (Å²) in [6.07, 6.45) is 0.0597. The lowest BCUT2D eigenvalue weighted by Gasteiger charge is -2.31. The average molecular weight is 462 g/mol. The highest BCUT2D eigenvalue weighted by Gasteiger charge is 2.26. The van der Waals surface area contributed by atoms with Crippen molar-refractivity contribution in [2.75, 3.05) is 45.9 Å². The highest BCUT2D eigenvalue weighted by atomic mass is 35.5. The zero-order chi connectivity index (χ0) is 22.3. The molecule has 1 N–H and O–H groups in total. The molecule has 0 spiro atoms. The molecule has 2 aliphatic rings. The van der Waals surface area contributed by atoms with Gasteiger partial charge in [0.25, 0.3) is 0 Å². The monoisotopic (exact) mass is 461 g/mol. The molecule has 0 saturated carbocycles. The van der Waals surface area contributed by atoms with Gasteiger partial charge in [-0.3, -0.25) is 9.80 Å². The predicted molar refractivity (Wildman–Crippen MR) is 122 cm³/mol. The van der Waals surface area contributed by atoms with Crippen LogP contribution in [0.2, 0.25) is 5.02 Å². The number of aliphatic hydroxyl groups excluding tert-OH is 1. The van der Waals surface area contributed by atoms with E-state index in [1.807, 2.05) is 24.3 Å². The van der Waals surface area contributed by atoms with Crippen molar-refractivity contribution in [2.45, 2.75) is 25.2 Å². The topological polar surface area (TPSA) is 57.5 Å². The number of rotatable bonds is 9. The molecule has 2 aromatic rings. The number of β-amino-alcohol motifs (C(OH)–C–C–N with tert-alkyl or cyclic N) is 1.